The fourth-order valence-corrected chi connectivity index (χ4v) is 3.41. The van der Waals surface area contributed by atoms with Crippen molar-refractivity contribution in [3.8, 4) is 0 Å². The molecule has 1 unspecified atom stereocenters. The van der Waals surface area contributed by atoms with E-state index in [0.717, 1.165) is 25.1 Å². The van der Waals surface area contributed by atoms with Crippen LogP contribution in [-0.4, -0.2) is 30.6 Å². The zero-order valence-electron chi connectivity index (χ0n) is 13.6. The second kappa shape index (κ2) is 6.97. The summed E-state index contributed by atoms with van der Waals surface area (Å²) in [5.41, 5.74) is 1.81. The molecular weight excluding hydrogens is 286 g/mol. The van der Waals surface area contributed by atoms with E-state index in [4.69, 9.17) is 4.74 Å². The van der Waals surface area contributed by atoms with E-state index in [1.165, 1.54) is 5.56 Å². The van der Waals surface area contributed by atoms with Crippen LogP contribution in [0.3, 0.4) is 0 Å². The molecule has 3 nitrogen and oxygen atoms in total. The summed E-state index contributed by atoms with van der Waals surface area (Å²) in [7, 11) is 0. The smallest absolute Gasteiger partial charge is 0.317 e. The van der Waals surface area contributed by atoms with Crippen molar-refractivity contribution in [2.75, 3.05) is 19.7 Å². The van der Waals surface area contributed by atoms with Crippen LogP contribution in [0, 0.1) is 0 Å². The van der Waals surface area contributed by atoms with Gasteiger partial charge < -0.3 is 4.74 Å². The van der Waals surface area contributed by atoms with Crippen molar-refractivity contribution in [3.63, 3.8) is 0 Å². The highest BCUT2D eigenvalue weighted by Crippen LogP contribution is 2.36. The van der Waals surface area contributed by atoms with Crippen molar-refractivity contribution in [1.82, 2.24) is 4.90 Å². The Kier molecular flexibility index (Phi) is 4.77. The topological polar surface area (TPSA) is 29.5 Å². The largest absolute Gasteiger partial charge is 0.465 e. The van der Waals surface area contributed by atoms with E-state index < -0.39 is 5.41 Å². The van der Waals surface area contributed by atoms with Gasteiger partial charge >= 0.3 is 5.97 Å². The van der Waals surface area contributed by atoms with Gasteiger partial charge in [-0.05, 0) is 24.5 Å². The van der Waals surface area contributed by atoms with Gasteiger partial charge in [-0.25, -0.2) is 0 Å². The number of carbonyl (C=O) groups excluding carboxylic acids is 1. The fourth-order valence-electron chi connectivity index (χ4n) is 3.41. The molecule has 2 aromatic rings. The second-order valence-electron chi connectivity index (χ2n) is 6.11. The van der Waals surface area contributed by atoms with Gasteiger partial charge in [0.15, 0.2) is 0 Å². The first-order valence-electron chi connectivity index (χ1n) is 8.23. The minimum absolute atomic E-state index is 0.0956. The summed E-state index contributed by atoms with van der Waals surface area (Å²) in [5, 5.41) is 0. The van der Waals surface area contributed by atoms with Gasteiger partial charge in [-0.2, -0.15) is 0 Å². The van der Waals surface area contributed by atoms with E-state index in [9.17, 15) is 4.79 Å². The van der Waals surface area contributed by atoms with E-state index in [1.54, 1.807) is 0 Å². The number of likely N-dealkylation sites (tertiary alicyclic amines) is 1. The summed E-state index contributed by atoms with van der Waals surface area (Å²) < 4.78 is 5.42. The average Bonchev–Trinajstić information content (AvgIpc) is 3.02. The van der Waals surface area contributed by atoms with E-state index in [1.807, 2.05) is 43.3 Å². The molecule has 0 radical (unpaired) electrons. The Balaban J connectivity index is 1.83. The molecule has 0 bridgehead atoms. The number of ether oxygens (including phenoxy) is 1. The van der Waals surface area contributed by atoms with Gasteiger partial charge in [0.05, 0.1) is 6.61 Å². The van der Waals surface area contributed by atoms with Crippen LogP contribution in [0.4, 0.5) is 0 Å². The first kappa shape index (κ1) is 15.8. The average molecular weight is 309 g/mol. The number of esters is 1. The first-order chi connectivity index (χ1) is 11.2. The third-order valence-electron chi connectivity index (χ3n) is 4.59. The van der Waals surface area contributed by atoms with E-state index in [2.05, 4.69) is 29.2 Å². The molecule has 1 atom stereocenters. The second-order valence-corrected chi connectivity index (χ2v) is 6.11. The van der Waals surface area contributed by atoms with Crippen molar-refractivity contribution < 1.29 is 9.53 Å². The molecule has 0 aliphatic carbocycles. The highest BCUT2D eigenvalue weighted by molar-refractivity contribution is 5.84. The SMILES string of the molecule is CCOC(=O)C1(c2ccccc2)CCN(Cc2ccccc2)C1. The predicted molar refractivity (Wildman–Crippen MR) is 91.1 cm³/mol. The van der Waals surface area contributed by atoms with Crippen LogP contribution in [0.2, 0.25) is 0 Å². The van der Waals surface area contributed by atoms with Gasteiger partial charge in [0.25, 0.3) is 0 Å². The number of carbonyl (C=O) groups is 1. The summed E-state index contributed by atoms with van der Waals surface area (Å²) in [5.74, 6) is -0.0956. The van der Waals surface area contributed by atoms with Crippen molar-refractivity contribution in [2.45, 2.75) is 25.3 Å². The van der Waals surface area contributed by atoms with Crippen LogP contribution in [0.1, 0.15) is 24.5 Å². The van der Waals surface area contributed by atoms with Gasteiger partial charge in [0, 0.05) is 19.6 Å². The molecule has 0 amide bonds. The zero-order chi connectivity index (χ0) is 16.1. The van der Waals surface area contributed by atoms with Gasteiger partial charge in [-0.1, -0.05) is 60.7 Å². The van der Waals surface area contributed by atoms with E-state index >= 15 is 0 Å². The molecule has 23 heavy (non-hydrogen) atoms. The summed E-state index contributed by atoms with van der Waals surface area (Å²) in [4.78, 5) is 15.1. The molecule has 3 rings (SSSR count). The van der Waals surface area contributed by atoms with Crippen molar-refractivity contribution >= 4 is 5.97 Å². The lowest BCUT2D eigenvalue weighted by Crippen LogP contribution is -2.40. The molecule has 0 spiro atoms. The first-order valence-corrected chi connectivity index (χ1v) is 8.23. The third-order valence-corrected chi connectivity index (χ3v) is 4.59. The maximum Gasteiger partial charge on any atom is 0.317 e. The molecule has 3 heteroatoms. The monoisotopic (exact) mass is 309 g/mol. The zero-order valence-corrected chi connectivity index (χ0v) is 13.6. The highest BCUT2D eigenvalue weighted by atomic mass is 16.5. The predicted octanol–water partition coefficient (Wildman–Crippen LogP) is 3.39. The molecule has 1 aliphatic heterocycles. The molecule has 1 heterocycles. The Labute approximate surface area is 137 Å². The molecule has 0 N–H and O–H groups in total. The summed E-state index contributed by atoms with van der Waals surface area (Å²) in [6, 6.07) is 20.5. The van der Waals surface area contributed by atoms with Crippen LogP contribution < -0.4 is 0 Å². The van der Waals surface area contributed by atoms with Gasteiger partial charge in [0.1, 0.15) is 5.41 Å². The van der Waals surface area contributed by atoms with Gasteiger partial charge in [-0.3, -0.25) is 9.69 Å². The minimum Gasteiger partial charge on any atom is -0.465 e. The maximum absolute atomic E-state index is 12.7. The summed E-state index contributed by atoms with van der Waals surface area (Å²) >= 11 is 0. The number of rotatable bonds is 5. The molecule has 120 valence electrons. The molecule has 1 saturated heterocycles. The molecule has 2 aromatic carbocycles. The minimum atomic E-state index is -0.536. The Morgan fingerprint density at radius 1 is 1.09 bits per heavy atom. The Morgan fingerprint density at radius 3 is 2.39 bits per heavy atom. The van der Waals surface area contributed by atoms with Crippen LogP contribution in [0.15, 0.2) is 60.7 Å². The van der Waals surface area contributed by atoms with Crippen molar-refractivity contribution in [3.05, 3.63) is 71.8 Å². The quantitative estimate of drug-likeness (QED) is 0.793. The van der Waals surface area contributed by atoms with Crippen LogP contribution in [0.5, 0.6) is 0 Å². The third kappa shape index (κ3) is 3.30. The molecule has 1 fully saturated rings. The maximum atomic E-state index is 12.7. The number of benzene rings is 2. The van der Waals surface area contributed by atoms with Gasteiger partial charge in [0.2, 0.25) is 0 Å². The van der Waals surface area contributed by atoms with Crippen LogP contribution >= 0.6 is 0 Å². The molecular formula is C20H23NO2. The van der Waals surface area contributed by atoms with E-state index in [0.29, 0.717) is 13.2 Å². The number of nitrogens with zero attached hydrogens (tertiary/aromatic N) is 1. The number of hydrogen-bond donors (Lipinski definition) is 0. The summed E-state index contributed by atoms with van der Waals surface area (Å²) in [6.45, 7) is 4.78. The Hall–Kier alpha value is -2.13. The standard InChI is InChI=1S/C20H23NO2/c1-2-23-19(22)20(18-11-7-4-8-12-18)13-14-21(16-20)15-17-9-5-3-6-10-17/h3-12H,2,13-16H2,1H3. The lowest BCUT2D eigenvalue weighted by molar-refractivity contribution is -0.149. The molecule has 1 aliphatic rings. The van der Waals surface area contributed by atoms with Crippen molar-refractivity contribution in [2.24, 2.45) is 0 Å². The number of hydrogen-bond acceptors (Lipinski definition) is 3. The van der Waals surface area contributed by atoms with Crippen molar-refractivity contribution in [1.29, 1.82) is 0 Å². The lowest BCUT2D eigenvalue weighted by atomic mass is 9.79. The highest BCUT2D eigenvalue weighted by Gasteiger charge is 2.47. The Morgan fingerprint density at radius 2 is 1.74 bits per heavy atom. The molecule has 0 saturated carbocycles. The van der Waals surface area contributed by atoms with Crippen LogP contribution in [0.25, 0.3) is 0 Å². The van der Waals surface area contributed by atoms with E-state index in [-0.39, 0.29) is 5.97 Å². The normalized spacial score (nSPS) is 21.3. The Bertz CT molecular complexity index is 641. The lowest BCUT2D eigenvalue weighted by Gasteiger charge is -2.27. The van der Waals surface area contributed by atoms with Gasteiger partial charge in [-0.15, -0.1) is 0 Å². The summed E-state index contributed by atoms with van der Waals surface area (Å²) in [6.07, 6.45) is 0.808. The van der Waals surface area contributed by atoms with Crippen LogP contribution in [-0.2, 0) is 21.5 Å². The molecule has 0 aromatic heterocycles. The fraction of sp³-hybridized carbons (Fsp3) is 0.350.